The van der Waals surface area contributed by atoms with E-state index in [-0.39, 0.29) is 49.3 Å². The Morgan fingerprint density at radius 3 is 2.49 bits per heavy atom. The lowest BCUT2D eigenvalue weighted by Gasteiger charge is -2.38. The fourth-order valence-electron chi connectivity index (χ4n) is 4.39. The summed E-state index contributed by atoms with van der Waals surface area (Å²) in [7, 11) is 2.11. The van der Waals surface area contributed by atoms with E-state index < -0.39 is 30.3 Å². The van der Waals surface area contributed by atoms with Crippen LogP contribution < -0.4 is 16.4 Å². The number of hydrogen-bond donors (Lipinski definition) is 2. The van der Waals surface area contributed by atoms with Crippen LogP contribution in [0.2, 0.25) is 0 Å². The third-order valence-corrected chi connectivity index (χ3v) is 6.64. The van der Waals surface area contributed by atoms with Gasteiger partial charge in [0.05, 0.1) is 29.6 Å². The Hall–Kier alpha value is -3.15. The van der Waals surface area contributed by atoms with Crippen LogP contribution in [0, 0.1) is 23.0 Å². The molecular formula is C26H30F4N5OP. The molecule has 6 nitrogen and oxygen atoms in total. The fraction of sp³-hybridized carbons (Fsp3) is 0.385. The third kappa shape index (κ3) is 6.41. The van der Waals surface area contributed by atoms with Gasteiger partial charge >= 0.3 is 0 Å². The zero-order valence-electron chi connectivity index (χ0n) is 20.6. The van der Waals surface area contributed by atoms with E-state index in [4.69, 9.17) is 11.0 Å². The van der Waals surface area contributed by atoms with Gasteiger partial charge in [0.2, 0.25) is 5.91 Å². The molecule has 3 unspecified atom stereocenters. The minimum Gasteiger partial charge on any atom is -0.359 e. The second-order valence-electron chi connectivity index (χ2n) is 8.58. The van der Waals surface area contributed by atoms with E-state index in [1.165, 1.54) is 4.90 Å². The molecule has 37 heavy (non-hydrogen) atoms. The summed E-state index contributed by atoms with van der Waals surface area (Å²) in [5.74, 6) is -1.47. The van der Waals surface area contributed by atoms with Crippen molar-refractivity contribution in [2.24, 2.45) is 5.73 Å². The summed E-state index contributed by atoms with van der Waals surface area (Å²) in [6.07, 6.45) is -3.99. The molecule has 1 fully saturated rings. The largest absolute Gasteiger partial charge is 0.359 e. The molecule has 198 valence electrons. The van der Waals surface area contributed by atoms with Crippen molar-refractivity contribution in [3.8, 4) is 6.07 Å². The topological polar surface area (TPSA) is 85.4 Å². The predicted octanol–water partition coefficient (Wildman–Crippen LogP) is 3.33. The van der Waals surface area contributed by atoms with Crippen LogP contribution in [-0.2, 0) is 11.2 Å². The van der Waals surface area contributed by atoms with Crippen molar-refractivity contribution in [1.29, 1.82) is 5.26 Å². The van der Waals surface area contributed by atoms with Gasteiger partial charge in [0.1, 0.15) is 11.6 Å². The highest BCUT2D eigenvalue weighted by Gasteiger charge is 2.41. The van der Waals surface area contributed by atoms with Gasteiger partial charge in [-0.1, -0.05) is 26.0 Å². The van der Waals surface area contributed by atoms with Crippen LogP contribution in [0.4, 0.5) is 17.6 Å². The van der Waals surface area contributed by atoms with Crippen LogP contribution in [0.3, 0.4) is 0 Å². The molecule has 2 aliphatic rings. The van der Waals surface area contributed by atoms with Gasteiger partial charge in [0, 0.05) is 30.9 Å². The molecule has 2 aromatic rings. The Morgan fingerprint density at radius 2 is 1.86 bits per heavy atom. The van der Waals surface area contributed by atoms with E-state index in [0.717, 1.165) is 12.1 Å². The second-order valence-corrected chi connectivity index (χ2v) is 9.20. The summed E-state index contributed by atoms with van der Waals surface area (Å²) in [5.41, 5.74) is 8.28. The number of carbonyl (C=O) groups is 1. The summed E-state index contributed by atoms with van der Waals surface area (Å²) in [4.78, 5) is 16.1. The highest BCUT2D eigenvalue weighted by atomic mass is 31.0. The number of rotatable bonds is 6. The van der Waals surface area contributed by atoms with Crippen LogP contribution in [0.5, 0.6) is 0 Å². The molecule has 2 aliphatic heterocycles. The van der Waals surface area contributed by atoms with E-state index >= 15 is 0 Å². The lowest BCUT2D eigenvalue weighted by molar-refractivity contribution is -0.132. The van der Waals surface area contributed by atoms with E-state index in [1.54, 1.807) is 29.2 Å². The van der Waals surface area contributed by atoms with E-state index in [0.29, 0.717) is 22.5 Å². The van der Waals surface area contributed by atoms with Crippen LogP contribution in [0.15, 0.2) is 42.1 Å². The molecule has 0 bridgehead atoms. The fourth-order valence-corrected chi connectivity index (χ4v) is 4.62. The van der Waals surface area contributed by atoms with Crippen molar-refractivity contribution < 1.29 is 22.4 Å². The number of halogens is 4. The molecule has 0 aliphatic carbocycles. The first-order chi connectivity index (χ1) is 17.7. The van der Waals surface area contributed by atoms with Crippen molar-refractivity contribution in [3.05, 3.63) is 70.4 Å². The second kappa shape index (κ2) is 12.4. The molecule has 2 heterocycles. The van der Waals surface area contributed by atoms with Gasteiger partial charge in [-0.3, -0.25) is 4.79 Å². The number of nitrogens with zero attached hydrogens (tertiary/aromatic N) is 3. The first-order valence-electron chi connectivity index (χ1n) is 12.0. The van der Waals surface area contributed by atoms with Crippen molar-refractivity contribution in [1.82, 2.24) is 15.1 Å². The van der Waals surface area contributed by atoms with Gasteiger partial charge in [-0.05, 0) is 41.8 Å². The molecule has 2 aromatic carbocycles. The van der Waals surface area contributed by atoms with Gasteiger partial charge in [-0.2, -0.15) is 5.26 Å². The summed E-state index contributed by atoms with van der Waals surface area (Å²) < 4.78 is 55.4. The molecule has 1 amide bonds. The van der Waals surface area contributed by atoms with Gasteiger partial charge in [-0.15, -0.1) is 9.24 Å². The van der Waals surface area contributed by atoms with Crippen molar-refractivity contribution in [3.63, 3.8) is 0 Å². The average Bonchev–Trinajstić information content (AvgIpc) is 3.27. The number of nitrogens with two attached hydrogens (primary N) is 1. The number of nitriles is 1. The number of nitrogens with one attached hydrogen (secondary N) is 1. The van der Waals surface area contributed by atoms with E-state index in [1.807, 2.05) is 19.9 Å². The Morgan fingerprint density at radius 1 is 1.19 bits per heavy atom. The van der Waals surface area contributed by atoms with Crippen molar-refractivity contribution in [2.45, 2.75) is 45.3 Å². The first kappa shape index (κ1) is 28.4. The van der Waals surface area contributed by atoms with Gasteiger partial charge in [-0.25, -0.2) is 17.6 Å². The Balaban J connectivity index is 0.00000186. The summed E-state index contributed by atoms with van der Waals surface area (Å²) in [5, 5.41) is 12.0. The van der Waals surface area contributed by atoms with Crippen molar-refractivity contribution in [2.75, 3.05) is 19.6 Å². The molecule has 1 saturated heterocycles. The number of hydrogen-bond acceptors (Lipinski definition) is 5. The summed E-state index contributed by atoms with van der Waals surface area (Å²) >= 11 is 0. The summed E-state index contributed by atoms with van der Waals surface area (Å²) in [6.45, 7) is 4.53. The van der Waals surface area contributed by atoms with Gasteiger partial charge in [0.15, 0.2) is 6.17 Å². The number of fused-ring (bicyclic) bond motifs is 1. The average molecular weight is 536 g/mol. The van der Waals surface area contributed by atoms with Crippen LogP contribution in [0.25, 0.3) is 5.70 Å². The lowest BCUT2D eigenvalue weighted by atomic mass is 10.0. The minimum atomic E-state index is -2.65. The minimum absolute atomic E-state index is 0.0202. The number of piperazine rings is 1. The van der Waals surface area contributed by atoms with Gasteiger partial charge in [0.25, 0.3) is 6.43 Å². The van der Waals surface area contributed by atoms with Crippen LogP contribution >= 0.6 is 9.24 Å². The number of amides is 1. The normalized spacial score (nSPS) is 17.6. The molecule has 3 N–H and O–H groups in total. The maximum atomic E-state index is 14.2. The van der Waals surface area contributed by atoms with Crippen LogP contribution in [0.1, 0.15) is 37.0 Å². The van der Waals surface area contributed by atoms with Crippen molar-refractivity contribution >= 4 is 26.1 Å². The molecule has 0 spiro atoms. The zero-order valence-corrected chi connectivity index (χ0v) is 21.8. The first-order valence-corrected chi connectivity index (χ1v) is 12.6. The number of carbonyl (C=O) groups excluding carboxylic acids is 1. The monoisotopic (exact) mass is 535 g/mol. The zero-order chi connectivity index (χ0) is 27.3. The quantitative estimate of drug-likeness (QED) is 0.438. The Labute approximate surface area is 216 Å². The van der Waals surface area contributed by atoms with Gasteiger partial charge < -0.3 is 20.9 Å². The summed E-state index contributed by atoms with van der Waals surface area (Å²) in [6, 6.07) is 9.95. The molecule has 0 aromatic heterocycles. The number of benzene rings is 2. The molecule has 3 atom stereocenters. The molecule has 0 radical (unpaired) electrons. The SMILES string of the molecule is CC.N#Cc1ccc(C2=C3CN(C(=O)CC(N)Cc4cc(F)c(P)cc4F)CCN3C(C(F)F)N2)cc1. The standard InChI is InChI=1S/C24H24F4N5OP.C2H6/c25-17-10-20(35)18(26)8-15(17)7-16(30)9-21(34)32-5-6-33-19(12-32)22(31-24(33)23(27)28)14-3-1-13(11-29)2-4-14;1-2/h1-4,8,10,16,23-24,31H,5-7,9,12,30,35H2;1-2H3. The molecule has 11 heteroatoms. The molecule has 0 saturated carbocycles. The highest BCUT2D eigenvalue weighted by molar-refractivity contribution is 7.27. The smallest absolute Gasteiger partial charge is 0.276 e. The third-order valence-electron chi connectivity index (χ3n) is 6.19. The Kier molecular flexibility index (Phi) is 9.52. The number of alkyl halides is 2. The maximum Gasteiger partial charge on any atom is 0.276 e. The predicted molar refractivity (Wildman–Crippen MR) is 138 cm³/mol. The molecule has 4 rings (SSSR count). The Bertz CT molecular complexity index is 1200. The molecular weight excluding hydrogens is 505 g/mol. The highest BCUT2D eigenvalue weighted by Crippen LogP contribution is 2.33. The van der Waals surface area contributed by atoms with E-state index in [2.05, 4.69) is 14.6 Å². The van der Waals surface area contributed by atoms with E-state index in [9.17, 15) is 22.4 Å². The van der Waals surface area contributed by atoms with Crippen LogP contribution in [-0.4, -0.2) is 54.0 Å². The lowest BCUT2D eigenvalue weighted by Crippen LogP contribution is -2.52. The maximum absolute atomic E-state index is 14.2.